The Balaban J connectivity index is 1.78. The highest BCUT2D eigenvalue weighted by molar-refractivity contribution is 7.09. The van der Waals surface area contributed by atoms with Crippen LogP contribution < -0.4 is 0 Å². The summed E-state index contributed by atoms with van der Waals surface area (Å²) in [4.78, 5) is 18.3. The summed E-state index contributed by atoms with van der Waals surface area (Å²) in [6, 6.07) is 0. The Morgan fingerprint density at radius 2 is 2.24 bits per heavy atom. The van der Waals surface area contributed by atoms with E-state index in [9.17, 15) is 4.79 Å². The Hall–Kier alpha value is -0.900. The monoisotopic (exact) mass is 252 g/mol. The summed E-state index contributed by atoms with van der Waals surface area (Å²) in [6.45, 7) is 0.794. The van der Waals surface area contributed by atoms with Crippen molar-refractivity contribution in [3.63, 3.8) is 0 Å². The zero-order valence-corrected chi connectivity index (χ0v) is 11.2. The van der Waals surface area contributed by atoms with Gasteiger partial charge in [0, 0.05) is 37.5 Å². The average Bonchev–Trinajstić information content (AvgIpc) is 2.89. The lowest BCUT2D eigenvalue weighted by atomic mass is 9.88. The van der Waals surface area contributed by atoms with E-state index >= 15 is 0 Å². The molecule has 1 amide bonds. The first kappa shape index (κ1) is 12.6. The van der Waals surface area contributed by atoms with Crippen molar-refractivity contribution in [3.8, 4) is 0 Å². The van der Waals surface area contributed by atoms with Crippen molar-refractivity contribution in [2.75, 3.05) is 13.6 Å². The SMILES string of the molecule is CN(CCc1nccs1)C(=O)C1CCCCC1. The van der Waals surface area contributed by atoms with Crippen molar-refractivity contribution >= 4 is 17.2 Å². The van der Waals surface area contributed by atoms with E-state index in [0.29, 0.717) is 5.91 Å². The summed E-state index contributed by atoms with van der Waals surface area (Å²) in [5.41, 5.74) is 0. The molecular weight excluding hydrogens is 232 g/mol. The standard InChI is InChI=1S/C13H20N2OS/c1-15(9-7-12-14-8-10-17-12)13(16)11-5-3-2-4-6-11/h8,10-11H,2-7,9H2,1H3. The Morgan fingerprint density at radius 3 is 2.88 bits per heavy atom. The number of likely N-dealkylation sites (N-methyl/N-ethyl adjacent to an activating group) is 1. The Kier molecular flexibility index (Phi) is 4.54. The van der Waals surface area contributed by atoms with E-state index in [1.807, 2.05) is 23.5 Å². The fourth-order valence-electron chi connectivity index (χ4n) is 2.41. The molecule has 1 aliphatic rings. The van der Waals surface area contributed by atoms with Crippen LogP contribution in [0.25, 0.3) is 0 Å². The van der Waals surface area contributed by atoms with Crippen molar-refractivity contribution in [2.24, 2.45) is 5.92 Å². The summed E-state index contributed by atoms with van der Waals surface area (Å²) in [5.74, 6) is 0.617. The van der Waals surface area contributed by atoms with Gasteiger partial charge in [0.05, 0.1) is 5.01 Å². The molecular formula is C13H20N2OS. The number of hydrogen-bond donors (Lipinski definition) is 0. The van der Waals surface area contributed by atoms with E-state index in [-0.39, 0.29) is 5.92 Å². The molecule has 1 aromatic heterocycles. The maximum absolute atomic E-state index is 12.2. The first-order valence-corrected chi connectivity index (χ1v) is 7.28. The molecule has 0 saturated heterocycles. The first-order chi connectivity index (χ1) is 8.27. The Morgan fingerprint density at radius 1 is 1.47 bits per heavy atom. The molecule has 4 heteroatoms. The fraction of sp³-hybridized carbons (Fsp3) is 0.692. The van der Waals surface area contributed by atoms with Crippen molar-refractivity contribution in [1.82, 2.24) is 9.88 Å². The molecule has 0 spiro atoms. The van der Waals surface area contributed by atoms with Crippen molar-refractivity contribution < 1.29 is 4.79 Å². The molecule has 94 valence electrons. The Bertz CT molecular complexity index is 344. The van der Waals surface area contributed by atoms with Crippen LogP contribution in [0.3, 0.4) is 0 Å². The number of carbonyl (C=O) groups excluding carboxylic acids is 1. The molecule has 1 aliphatic carbocycles. The van der Waals surface area contributed by atoms with Crippen LogP contribution in [0.1, 0.15) is 37.1 Å². The molecule has 0 aliphatic heterocycles. The van der Waals surface area contributed by atoms with Gasteiger partial charge in [0.2, 0.25) is 5.91 Å². The normalized spacial score (nSPS) is 17.0. The number of rotatable bonds is 4. The minimum atomic E-state index is 0.282. The van der Waals surface area contributed by atoms with Gasteiger partial charge in [-0.15, -0.1) is 11.3 Å². The molecule has 1 saturated carbocycles. The van der Waals surface area contributed by atoms with Crippen LogP contribution in [0.15, 0.2) is 11.6 Å². The summed E-state index contributed by atoms with van der Waals surface area (Å²) in [7, 11) is 1.92. The molecule has 0 atom stereocenters. The van der Waals surface area contributed by atoms with Crippen LogP contribution in [0.5, 0.6) is 0 Å². The summed E-state index contributed by atoms with van der Waals surface area (Å²) < 4.78 is 0. The van der Waals surface area contributed by atoms with Gasteiger partial charge in [-0.05, 0) is 12.8 Å². The number of carbonyl (C=O) groups is 1. The predicted molar refractivity (Wildman–Crippen MR) is 70.0 cm³/mol. The number of nitrogens with zero attached hydrogens (tertiary/aromatic N) is 2. The first-order valence-electron chi connectivity index (χ1n) is 6.40. The molecule has 0 radical (unpaired) electrons. The highest BCUT2D eigenvalue weighted by Gasteiger charge is 2.23. The average molecular weight is 252 g/mol. The lowest BCUT2D eigenvalue weighted by Gasteiger charge is -2.26. The Labute approximate surface area is 107 Å². The fourth-order valence-corrected chi connectivity index (χ4v) is 3.02. The predicted octanol–water partition coefficient (Wildman–Crippen LogP) is 2.72. The smallest absolute Gasteiger partial charge is 0.225 e. The molecule has 1 fully saturated rings. The third kappa shape index (κ3) is 3.53. The number of amides is 1. The summed E-state index contributed by atoms with van der Waals surface area (Å²) >= 11 is 1.66. The lowest BCUT2D eigenvalue weighted by Crippen LogP contribution is -2.35. The number of thiazole rings is 1. The quantitative estimate of drug-likeness (QED) is 0.825. The van der Waals surface area contributed by atoms with Gasteiger partial charge in [0.1, 0.15) is 0 Å². The van der Waals surface area contributed by atoms with Gasteiger partial charge in [0.25, 0.3) is 0 Å². The van der Waals surface area contributed by atoms with E-state index in [1.54, 1.807) is 11.3 Å². The van der Waals surface area contributed by atoms with Gasteiger partial charge in [-0.3, -0.25) is 4.79 Å². The van der Waals surface area contributed by atoms with Crippen LogP contribution in [-0.4, -0.2) is 29.4 Å². The van der Waals surface area contributed by atoms with E-state index in [4.69, 9.17) is 0 Å². The molecule has 0 unspecified atom stereocenters. The maximum Gasteiger partial charge on any atom is 0.225 e. The molecule has 1 heterocycles. The molecule has 0 bridgehead atoms. The summed E-state index contributed by atoms with van der Waals surface area (Å²) in [5, 5.41) is 3.10. The molecule has 0 N–H and O–H groups in total. The topological polar surface area (TPSA) is 33.2 Å². The van der Waals surface area contributed by atoms with Crippen molar-refractivity contribution in [1.29, 1.82) is 0 Å². The second-order valence-electron chi connectivity index (χ2n) is 4.77. The highest BCUT2D eigenvalue weighted by atomic mass is 32.1. The second kappa shape index (κ2) is 6.15. The van der Waals surface area contributed by atoms with Crippen LogP contribution in [0, 0.1) is 5.92 Å². The lowest BCUT2D eigenvalue weighted by molar-refractivity contribution is -0.135. The van der Waals surface area contributed by atoms with Gasteiger partial charge in [-0.2, -0.15) is 0 Å². The highest BCUT2D eigenvalue weighted by Crippen LogP contribution is 2.25. The third-order valence-corrected chi connectivity index (χ3v) is 4.31. The van der Waals surface area contributed by atoms with Gasteiger partial charge < -0.3 is 4.90 Å². The number of hydrogen-bond acceptors (Lipinski definition) is 3. The zero-order valence-electron chi connectivity index (χ0n) is 10.4. The van der Waals surface area contributed by atoms with Crippen LogP contribution >= 0.6 is 11.3 Å². The third-order valence-electron chi connectivity index (χ3n) is 3.48. The summed E-state index contributed by atoms with van der Waals surface area (Å²) in [6.07, 6.45) is 8.61. The van der Waals surface area contributed by atoms with Gasteiger partial charge >= 0.3 is 0 Å². The van der Waals surface area contributed by atoms with E-state index < -0.39 is 0 Å². The largest absolute Gasteiger partial charge is 0.345 e. The van der Waals surface area contributed by atoms with E-state index in [1.165, 1.54) is 19.3 Å². The van der Waals surface area contributed by atoms with Crippen LogP contribution in [0.2, 0.25) is 0 Å². The van der Waals surface area contributed by atoms with Crippen LogP contribution in [-0.2, 0) is 11.2 Å². The van der Waals surface area contributed by atoms with Gasteiger partial charge in [-0.1, -0.05) is 19.3 Å². The number of aromatic nitrogens is 1. The van der Waals surface area contributed by atoms with E-state index in [0.717, 1.165) is 30.8 Å². The minimum Gasteiger partial charge on any atom is -0.345 e. The van der Waals surface area contributed by atoms with Gasteiger partial charge in [0.15, 0.2) is 0 Å². The van der Waals surface area contributed by atoms with Gasteiger partial charge in [-0.25, -0.2) is 4.98 Å². The van der Waals surface area contributed by atoms with Crippen molar-refractivity contribution in [2.45, 2.75) is 38.5 Å². The molecule has 0 aromatic carbocycles. The van der Waals surface area contributed by atoms with Crippen molar-refractivity contribution in [3.05, 3.63) is 16.6 Å². The molecule has 3 nitrogen and oxygen atoms in total. The molecule has 1 aromatic rings. The minimum absolute atomic E-state index is 0.282. The molecule has 2 rings (SSSR count). The molecule has 17 heavy (non-hydrogen) atoms. The zero-order chi connectivity index (χ0) is 12.1. The second-order valence-corrected chi connectivity index (χ2v) is 5.75. The van der Waals surface area contributed by atoms with E-state index in [2.05, 4.69) is 4.98 Å². The van der Waals surface area contributed by atoms with Crippen LogP contribution in [0.4, 0.5) is 0 Å². The maximum atomic E-state index is 12.2.